The smallest absolute Gasteiger partial charge is 0.318 e. The molecule has 3 aromatic rings. The Labute approximate surface area is 250 Å². The third-order valence-corrected chi connectivity index (χ3v) is 9.13. The van der Waals surface area contributed by atoms with E-state index in [1.54, 1.807) is 0 Å². The van der Waals surface area contributed by atoms with E-state index in [1.807, 2.05) is 12.1 Å². The molecule has 0 aliphatic carbocycles. The Hall–Kier alpha value is -3.47. The second-order valence-corrected chi connectivity index (χ2v) is 11.8. The molecule has 222 valence electrons. The number of hydrogen-bond acceptors (Lipinski definition) is 8. The first-order chi connectivity index (χ1) is 20.3. The van der Waals surface area contributed by atoms with Gasteiger partial charge in [-0.2, -0.15) is 9.97 Å². The van der Waals surface area contributed by atoms with Gasteiger partial charge in [-0.25, -0.2) is 4.39 Å². The molecule has 2 aromatic carbocycles. The molecule has 2 atom stereocenters. The second kappa shape index (κ2) is 12.0. The molecular formula is C31H37ClFN7O2. The first-order valence-corrected chi connectivity index (χ1v) is 15.0. The van der Waals surface area contributed by atoms with Crippen molar-refractivity contribution in [3.8, 4) is 6.01 Å². The maximum atomic E-state index is 13.7. The average Bonchev–Trinajstić information content (AvgIpc) is 3.42. The van der Waals surface area contributed by atoms with E-state index < -0.39 is 11.7 Å². The number of nitrogens with zero attached hydrogens (tertiary/aromatic N) is 6. The van der Waals surface area contributed by atoms with E-state index in [0.29, 0.717) is 44.8 Å². The van der Waals surface area contributed by atoms with Crippen LogP contribution < -0.4 is 20.3 Å². The number of nitrogens with two attached hydrogens (primary N) is 1. The normalized spacial score (nSPS) is 21.1. The van der Waals surface area contributed by atoms with E-state index in [1.165, 1.54) is 4.90 Å². The highest BCUT2D eigenvalue weighted by Gasteiger charge is 2.34. The molecule has 11 heteroatoms. The van der Waals surface area contributed by atoms with Crippen molar-refractivity contribution in [1.29, 1.82) is 0 Å². The number of piperazine rings is 1. The van der Waals surface area contributed by atoms with Crippen LogP contribution in [0.1, 0.15) is 24.1 Å². The van der Waals surface area contributed by atoms with Crippen molar-refractivity contribution >= 4 is 39.8 Å². The fourth-order valence-electron chi connectivity index (χ4n) is 6.49. The van der Waals surface area contributed by atoms with Crippen molar-refractivity contribution in [2.24, 2.45) is 5.73 Å². The van der Waals surface area contributed by atoms with Crippen LogP contribution in [0.2, 0.25) is 5.02 Å². The predicted octanol–water partition coefficient (Wildman–Crippen LogP) is 3.78. The van der Waals surface area contributed by atoms with Crippen LogP contribution in [-0.2, 0) is 17.8 Å². The van der Waals surface area contributed by atoms with Gasteiger partial charge in [-0.05, 0) is 50.4 Å². The van der Waals surface area contributed by atoms with Crippen molar-refractivity contribution in [1.82, 2.24) is 19.8 Å². The van der Waals surface area contributed by atoms with Gasteiger partial charge < -0.3 is 30.1 Å². The summed E-state index contributed by atoms with van der Waals surface area (Å²) in [5.41, 5.74) is 9.10. The molecule has 3 aliphatic heterocycles. The largest absolute Gasteiger partial charge is 0.462 e. The van der Waals surface area contributed by atoms with Crippen LogP contribution in [0, 0.1) is 0 Å². The summed E-state index contributed by atoms with van der Waals surface area (Å²) >= 11 is 6.68. The maximum absolute atomic E-state index is 13.7. The molecular weight excluding hydrogens is 557 g/mol. The number of ether oxygens (including phenoxy) is 1. The molecule has 0 saturated carbocycles. The van der Waals surface area contributed by atoms with Crippen LogP contribution in [0.4, 0.5) is 15.9 Å². The van der Waals surface area contributed by atoms with E-state index in [4.69, 9.17) is 32.0 Å². The molecule has 1 aromatic heterocycles. The summed E-state index contributed by atoms with van der Waals surface area (Å²) in [7, 11) is 2.12. The highest BCUT2D eigenvalue weighted by Crippen LogP contribution is 2.37. The van der Waals surface area contributed by atoms with Gasteiger partial charge in [0.25, 0.3) is 5.91 Å². The number of anilines is 2. The number of aromatic nitrogens is 2. The molecule has 2 fully saturated rings. The van der Waals surface area contributed by atoms with Crippen LogP contribution in [0.5, 0.6) is 6.01 Å². The monoisotopic (exact) mass is 593 g/mol. The molecule has 3 aliphatic rings. The number of likely N-dealkylation sites (tertiary alicyclic amines) is 1. The zero-order chi connectivity index (χ0) is 29.4. The molecule has 4 heterocycles. The molecule has 9 nitrogen and oxygen atoms in total. The van der Waals surface area contributed by atoms with Gasteiger partial charge in [0.1, 0.15) is 12.4 Å². The summed E-state index contributed by atoms with van der Waals surface area (Å²) in [5.74, 6) is -0.874. The topological polar surface area (TPSA) is 91.1 Å². The third kappa shape index (κ3) is 5.50. The van der Waals surface area contributed by atoms with E-state index in [2.05, 4.69) is 52.6 Å². The molecule has 6 rings (SSSR count). The van der Waals surface area contributed by atoms with Crippen molar-refractivity contribution < 1.29 is 13.9 Å². The lowest BCUT2D eigenvalue weighted by molar-refractivity contribution is -0.131. The van der Waals surface area contributed by atoms with Gasteiger partial charge in [0.15, 0.2) is 5.83 Å². The molecule has 1 amide bonds. The number of amides is 1. The van der Waals surface area contributed by atoms with Crippen molar-refractivity contribution in [3.63, 3.8) is 0 Å². The summed E-state index contributed by atoms with van der Waals surface area (Å²) in [4.78, 5) is 30.5. The number of carbonyl (C=O) groups is 1. The summed E-state index contributed by atoms with van der Waals surface area (Å²) in [5, 5.41) is 2.84. The number of carbonyl (C=O) groups excluding carboxylic acids is 1. The van der Waals surface area contributed by atoms with Crippen LogP contribution in [0.25, 0.3) is 10.8 Å². The number of rotatable bonds is 7. The molecule has 2 N–H and O–H groups in total. The van der Waals surface area contributed by atoms with Gasteiger partial charge in [-0.1, -0.05) is 42.4 Å². The summed E-state index contributed by atoms with van der Waals surface area (Å²) in [6.45, 7) is 7.57. The predicted molar refractivity (Wildman–Crippen MR) is 164 cm³/mol. The van der Waals surface area contributed by atoms with Crippen molar-refractivity contribution in [3.05, 3.63) is 65.1 Å². The van der Waals surface area contributed by atoms with Gasteiger partial charge in [0.2, 0.25) is 0 Å². The Morgan fingerprint density at radius 3 is 2.67 bits per heavy atom. The average molecular weight is 594 g/mol. The summed E-state index contributed by atoms with van der Waals surface area (Å²) < 4.78 is 20.0. The van der Waals surface area contributed by atoms with Gasteiger partial charge in [-0.15, -0.1) is 0 Å². The Bertz CT molecular complexity index is 1500. The van der Waals surface area contributed by atoms with Crippen LogP contribution in [-0.4, -0.2) is 90.7 Å². The van der Waals surface area contributed by atoms with Crippen LogP contribution in [0.15, 0.2) is 48.8 Å². The fraction of sp³-hybridized carbons (Fsp3) is 0.452. The highest BCUT2D eigenvalue weighted by molar-refractivity contribution is 6.36. The first kappa shape index (κ1) is 28.6. The number of halogens is 2. The Kier molecular flexibility index (Phi) is 8.20. The summed E-state index contributed by atoms with van der Waals surface area (Å²) in [6.07, 6.45) is 2.96. The second-order valence-electron chi connectivity index (χ2n) is 11.4. The Balaban J connectivity index is 1.33. The lowest BCUT2D eigenvalue weighted by Gasteiger charge is -2.42. The number of hydrogen-bond donors (Lipinski definition) is 1. The molecule has 0 bridgehead atoms. The SMILES string of the molecule is C=C(F)C(=O)N1CCN(c2nc(OC[C@@H]3CCCN3C)nc3c2CCN(c2cccc4cccc(Cl)c24)C3)C[C@@H]1CN. The first-order valence-electron chi connectivity index (χ1n) is 14.6. The number of fused-ring (bicyclic) bond motifs is 2. The minimum absolute atomic E-state index is 0.204. The minimum atomic E-state index is -0.970. The maximum Gasteiger partial charge on any atom is 0.318 e. The molecule has 42 heavy (non-hydrogen) atoms. The van der Waals surface area contributed by atoms with E-state index in [0.717, 1.165) is 70.9 Å². The zero-order valence-electron chi connectivity index (χ0n) is 23.9. The quantitative estimate of drug-likeness (QED) is 0.414. The molecule has 0 radical (unpaired) electrons. The third-order valence-electron chi connectivity index (χ3n) is 8.82. The van der Waals surface area contributed by atoms with Gasteiger partial charge in [-0.3, -0.25) is 4.79 Å². The number of benzene rings is 2. The summed E-state index contributed by atoms with van der Waals surface area (Å²) in [6, 6.07) is 12.5. The molecule has 0 spiro atoms. The van der Waals surface area contributed by atoms with Gasteiger partial charge in [0, 0.05) is 55.4 Å². The number of likely N-dealkylation sites (N-methyl/N-ethyl adjacent to an activating group) is 1. The van der Waals surface area contributed by atoms with Crippen LogP contribution in [0.3, 0.4) is 0 Å². The van der Waals surface area contributed by atoms with E-state index in [9.17, 15) is 9.18 Å². The zero-order valence-corrected chi connectivity index (χ0v) is 24.7. The Morgan fingerprint density at radius 1 is 1.12 bits per heavy atom. The minimum Gasteiger partial charge on any atom is -0.462 e. The highest BCUT2D eigenvalue weighted by atomic mass is 35.5. The van der Waals surface area contributed by atoms with Crippen molar-refractivity contribution in [2.45, 2.75) is 37.9 Å². The lowest BCUT2D eigenvalue weighted by Crippen LogP contribution is -2.58. The standard InChI is InChI=1S/C31H37ClFN7O2/c1-20(33)30(41)40-15-14-39(17-23(40)16-34)29-24-11-13-38(27-10-4-7-21-6-3-9-25(32)28(21)27)18-26(24)35-31(36-29)42-19-22-8-5-12-37(22)2/h3-4,6-7,9-10,22-23H,1,5,8,11-19,34H2,2H3/t22-,23-/m0/s1. The van der Waals surface area contributed by atoms with Gasteiger partial charge >= 0.3 is 6.01 Å². The molecule has 0 unspecified atom stereocenters. The van der Waals surface area contributed by atoms with E-state index >= 15 is 0 Å². The van der Waals surface area contributed by atoms with E-state index in [-0.39, 0.29) is 12.6 Å². The lowest BCUT2D eigenvalue weighted by atomic mass is 10.0. The van der Waals surface area contributed by atoms with Crippen molar-refractivity contribution in [2.75, 3.05) is 62.7 Å². The van der Waals surface area contributed by atoms with Gasteiger partial charge in [0.05, 0.1) is 23.3 Å². The fourth-order valence-corrected chi connectivity index (χ4v) is 6.77. The van der Waals surface area contributed by atoms with Crippen LogP contribution >= 0.6 is 11.6 Å². The Morgan fingerprint density at radius 2 is 1.93 bits per heavy atom. The molecule has 2 saturated heterocycles.